The number of nitrogens with one attached hydrogen (secondary N) is 1. The fourth-order valence-corrected chi connectivity index (χ4v) is 4.86. The van der Waals surface area contributed by atoms with E-state index in [-0.39, 0.29) is 23.4 Å². The predicted molar refractivity (Wildman–Crippen MR) is 133 cm³/mol. The Labute approximate surface area is 207 Å². The molecule has 3 heterocycles. The Balaban J connectivity index is 1.44. The number of fused-ring (bicyclic) bond motifs is 1. The summed E-state index contributed by atoms with van der Waals surface area (Å²) in [5, 5.41) is 3.79. The van der Waals surface area contributed by atoms with Crippen molar-refractivity contribution in [3.63, 3.8) is 0 Å². The van der Waals surface area contributed by atoms with Gasteiger partial charge in [-0.1, -0.05) is 18.5 Å². The Bertz CT molecular complexity index is 1380. The molecule has 5 rings (SSSR count). The van der Waals surface area contributed by atoms with Crippen molar-refractivity contribution in [2.24, 2.45) is 5.92 Å². The Kier molecular flexibility index (Phi) is 6.38. The number of benzene rings is 2. The van der Waals surface area contributed by atoms with Crippen molar-refractivity contribution in [1.82, 2.24) is 19.9 Å². The lowest BCUT2D eigenvalue weighted by atomic mass is 9.89. The fraction of sp³-hybridized carbons (Fsp3) is 0.308. The van der Waals surface area contributed by atoms with Crippen LogP contribution in [0.25, 0.3) is 22.5 Å². The zero-order chi connectivity index (χ0) is 24.5. The summed E-state index contributed by atoms with van der Waals surface area (Å²) < 4.78 is 21.1. The highest BCUT2D eigenvalue weighted by atomic mass is 35.5. The number of nitrogens with zero attached hydrogens (tertiary/aromatic N) is 4. The molecule has 1 fully saturated rings. The maximum atomic E-state index is 15.3. The lowest BCUT2D eigenvalue weighted by Gasteiger charge is -2.40. The van der Waals surface area contributed by atoms with Crippen LogP contribution in [0.2, 0.25) is 5.02 Å². The van der Waals surface area contributed by atoms with Gasteiger partial charge in [0, 0.05) is 42.1 Å². The van der Waals surface area contributed by atoms with E-state index in [0.29, 0.717) is 52.2 Å². The molecule has 2 aromatic carbocycles. The van der Waals surface area contributed by atoms with Gasteiger partial charge in [0.1, 0.15) is 11.3 Å². The third-order valence-electron chi connectivity index (χ3n) is 6.44. The standard InChI is InChI=1S/C26H25ClFN5O2/c1-15-11-18(24-29-8-4-9-30-24)23(19(28)12-15)25(34)33-10-3-5-16(2)21(33)14-31-26-32-20-7-6-17(27)13-22(20)35-26/h4,6-9,11-13,16,21H,3,5,10,14H2,1-2H3,(H,31,32)/t16-,21-/m1/s1. The van der Waals surface area contributed by atoms with Crippen LogP contribution in [0.4, 0.5) is 10.4 Å². The van der Waals surface area contributed by atoms with E-state index < -0.39 is 5.82 Å². The van der Waals surface area contributed by atoms with E-state index in [4.69, 9.17) is 16.0 Å². The van der Waals surface area contributed by atoms with E-state index in [1.54, 1.807) is 54.5 Å². The number of amides is 1. The lowest BCUT2D eigenvalue weighted by Crippen LogP contribution is -2.51. The van der Waals surface area contributed by atoms with Gasteiger partial charge in [-0.15, -0.1) is 0 Å². The lowest BCUT2D eigenvalue weighted by molar-refractivity contribution is 0.0535. The first-order valence-electron chi connectivity index (χ1n) is 11.6. The summed E-state index contributed by atoms with van der Waals surface area (Å²) in [7, 11) is 0. The molecule has 0 saturated carbocycles. The minimum absolute atomic E-state index is 0.00240. The first-order valence-corrected chi connectivity index (χ1v) is 12.0. The first kappa shape index (κ1) is 23.2. The number of likely N-dealkylation sites (tertiary alicyclic amines) is 1. The van der Waals surface area contributed by atoms with Gasteiger partial charge in [-0.3, -0.25) is 4.79 Å². The molecule has 0 radical (unpaired) electrons. The van der Waals surface area contributed by atoms with Gasteiger partial charge in [0.05, 0.1) is 11.6 Å². The molecule has 9 heteroatoms. The van der Waals surface area contributed by atoms with E-state index in [1.165, 1.54) is 6.07 Å². The van der Waals surface area contributed by atoms with Crippen LogP contribution < -0.4 is 5.32 Å². The number of aromatic nitrogens is 3. The van der Waals surface area contributed by atoms with E-state index in [9.17, 15) is 4.79 Å². The van der Waals surface area contributed by atoms with Crippen LogP contribution >= 0.6 is 11.6 Å². The van der Waals surface area contributed by atoms with E-state index in [2.05, 4.69) is 27.2 Å². The Morgan fingerprint density at radius 1 is 1.26 bits per heavy atom. The third kappa shape index (κ3) is 4.71. The molecule has 180 valence electrons. The summed E-state index contributed by atoms with van der Waals surface area (Å²) in [5.74, 6) is -0.418. The SMILES string of the molecule is Cc1cc(F)c(C(=O)N2CCC[C@@H](C)[C@H]2CNc2nc3ccc(Cl)cc3o2)c(-c2ncccn2)c1. The van der Waals surface area contributed by atoms with Crippen LogP contribution in [-0.4, -0.2) is 44.9 Å². The molecule has 0 bridgehead atoms. The van der Waals surface area contributed by atoms with Crippen LogP contribution in [0.5, 0.6) is 0 Å². The van der Waals surface area contributed by atoms with Crippen molar-refractivity contribution in [2.45, 2.75) is 32.7 Å². The van der Waals surface area contributed by atoms with E-state index in [0.717, 1.165) is 12.8 Å². The number of hydrogen-bond acceptors (Lipinski definition) is 6. The molecule has 0 spiro atoms. The van der Waals surface area contributed by atoms with Crippen molar-refractivity contribution in [1.29, 1.82) is 0 Å². The zero-order valence-corrected chi connectivity index (χ0v) is 20.2. The Morgan fingerprint density at radius 2 is 2.06 bits per heavy atom. The molecule has 1 aliphatic rings. The maximum absolute atomic E-state index is 15.3. The Morgan fingerprint density at radius 3 is 2.86 bits per heavy atom. The monoisotopic (exact) mass is 493 g/mol. The average Bonchev–Trinajstić information content (AvgIpc) is 3.25. The van der Waals surface area contributed by atoms with Gasteiger partial charge in [0.15, 0.2) is 11.4 Å². The number of hydrogen-bond donors (Lipinski definition) is 1. The van der Waals surface area contributed by atoms with Gasteiger partial charge in [0.2, 0.25) is 0 Å². The number of rotatable bonds is 5. The third-order valence-corrected chi connectivity index (χ3v) is 6.68. The molecule has 1 amide bonds. The summed E-state index contributed by atoms with van der Waals surface area (Å²) >= 11 is 6.05. The largest absolute Gasteiger partial charge is 0.424 e. The van der Waals surface area contributed by atoms with Gasteiger partial charge in [-0.2, -0.15) is 4.98 Å². The van der Waals surface area contributed by atoms with Crippen molar-refractivity contribution >= 4 is 34.6 Å². The second kappa shape index (κ2) is 9.62. The van der Waals surface area contributed by atoms with Crippen LogP contribution in [0.1, 0.15) is 35.7 Å². The molecule has 1 aliphatic heterocycles. The molecule has 0 aliphatic carbocycles. The van der Waals surface area contributed by atoms with Crippen molar-refractivity contribution in [3.05, 3.63) is 70.8 Å². The number of halogens is 2. The second-order valence-electron chi connectivity index (χ2n) is 8.94. The summed E-state index contributed by atoms with van der Waals surface area (Å²) in [6.45, 7) is 4.83. The zero-order valence-electron chi connectivity index (χ0n) is 19.5. The van der Waals surface area contributed by atoms with Crippen LogP contribution in [0.15, 0.2) is 53.2 Å². The molecule has 1 N–H and O–H groups in total. The maximum Gasteiger partial charge on any atom is 0.295 e. The minimum Gasteiger partial charge on any atom is -0.424 e. The molecule has 2 atom stereocenters. The van der Waals surface area contributed by atoms with Gasteiger partial charge in [-0.05, 0) is 61.6 Å². The fourth-order valence-electron chi connectivity index (χ4n) is 4.70. The van der Waals surface area contributed by atoms with Crippen LogP contribution in [0, 0.1) is 18.7 Å². The molecule has 2 aromatic heterocycles. The normalized spacial score (nSPS) is 18.1. The van der Waals surface area contributed by atoms with E-state index in [1.807, 2.05) is 0 Å². The quantitative estimate of drug-likeness (QED) is 0.381. The van der Waals surface area contributed by atoms with Crippen molar-refractivity contribution in [2.75, 3.05) is 18.4 Å². The predicted octanol–water partition coefficient (Wildman–Crippen LogP) is 5.74. The average molecular weight is 494 g/mol. The molecule has 0 unspecified atom stereocenters. The molecular formula is C26H25ClFN5O2. The summed E-state index contributed by atoms with van der Waals surface area (Å²) in [6, 6.07) is 10.3. The van der Waals surface area contributed by atoms with Gasteiger partial charge in [0.25, 0.3) is 11.9 Å². The van der Waals surface area contributed by atoms with Crippen LogP contribution in [-0.2, 0) is 0 Å². The molecule has 4 aromatic rings. The van der Waals surface area contributed by atoms with Gasteiger partial charge < -0.3 is 14.6 Å². The molecule has 7 nitrogen and oxygen atoms in total. The number of anilines is 1. The summed E-state index contributed by atoms with van der Waals surface area (Å²) in [5.41, 5.74) is 2.36. The highest BCUT2D eigenvalue weighted by Gasteiger charge is 2.35. The number of carbonyl (C=O) groups is 1. The minimum atomic E-state index is -0.571. The number of oxazole rings is 1. The van der Waals surface area contributed by atoms with Crippen molar-refractivity contribution < 1.29 is 13.6 Å². The number of piperidine rings is 1. The first-order chi connectivity index (χ1) is 16.9. The highest BCUT2D eigenvalue weighted by molar-refractivity contribution is 6.31. The van der Waals surface area contributed by atoms with Gasteiger partial charge >= 0.3 is 0 Å². The topological polar surface area (TPSA) is 84.2 Å². The number of carbonyl (C=O) groups excluding carboxylic acids is 1. The Hall–Kier alpha value is -3.52. The number of aryl methyl sites for hydroxylation is 1. The van der Waals surface area contributed by atoms with E-state index >= 15 is 4.39 Å². The van der Waals surface area contributed by atoms with Crippen molar-refractivity contribution in [3.8, 4) is 11.4 Å². The van der Waals surface area contributed by atoms with Crippen LogP contribution in [0.3, 0.4) is 0 Å². The summed E-state index contributed by atoms with van der Waals surface area (Å²) in [6.07, 6.45) is 4.97. The molecule has 1 saturated heterocycles. The molecule has 35 heavy (non-hydrogen) atoms. The highest BCUT2D eigenvalue weighted by Crippen LogP contribution is 2.31. The van der Waals surface area contributed by atoms with Gasteiger partial charge in [-0.25, -0.2) is 14.4 Å². The smallest absolute Gasteiger partial charge is 0.295 e. The summed E-state index contributed by atoms with van der Waals surface area (Å²) in [4.78, 5) is 28.6. The second-order valence-corrected chi connectivity index (χ2v) is 9.38. The molecular weight excluding hydrogens is 469 g/mol.